The average molecular weight is 308 g/mol. The van der Waals surface area contributed by atoms with E-state index in [4.69, 9.17) is 0 Å². The summed E-state index contributed by atoms with van der Waals surface area (Å²) in [6.07, 6.45) is 3.62. The SMILES string of the molecule is Cc1ccc2ccc(C(C)C)cc2c1[N+]1=CC(C)(C)CC1(C)C. The number of hydrogen-bond acceptors (Lipinski definition) is 0. The molecule has 122 valence electrons. The van der Waals surface area contributed by atoms with Crippen molar-refractivity contribution in [2.24, 2.45) is 5.41 Å². The molecule has 0 bridgehead atoms. The number of nitrogens with zero attached hydrogens (tertiary/aromatic N) is 1. The van der Waals surface area contributed by atoms with E-state index in [1.54, 1.807) is 0 Å². The Labute approximate surface area is 141 Å². The highest BCUT2D eigenvalue weighted by Crippen LogP contribution is 2.42. The van der Waals surface area contributed by atoms with Gasteiger partial charge in [0.15, 0.2) is 11.8 Å². The molecule has 0 saturated carbocycles. The van der Waals surface area contributed by atoms with E-state index >= 15 is 0 Å². The Balaban J connectivity index is 2.32. The van der Waals surface area contributed by atoms with Gasteiger partial charge in [0.25, 0.3) is 0 Å². The Kier molecular flexibility index (Phi) is 3.66. The molecule has 1 nitrogen and oxygen atoms in total. The predicted octanol–water partition coefficient (Wildman–Crippen LogP) is 6.19. The molecule has 1 heterocycles. The summed E-state index contributed by atoms with van der Waals surface area (Å²) in [6, 6.07) is 11.5. The maximum atomic E-state index is 2.54. The van der Waals surface area contributed by atoms with Crippen molar-refractivity contribution >= 4 is 22.7 Å². The van der Waals surface area contributed by atoms with Crippen LogP contribution in [-0.4, -0.2) is 16.3 Å². The van der Waals surface area contributed by atoms with Gasteiger partial charge in [-0.1, -0.05) is 52.0 Å². The van der Waals surface area contributed by atoms with Gasteiger partial charge in [-0.3, -0.25) is 0 Å². The molecule has 0 aliphatic carbocycles. The van der Waals surface area contributed by atoms with Crippen molar-refractivity contribution in [1.29, 1.82) is 0 Å². The Bertz CT molecular complexity index is 791. The topological polar surface area (TPSA) is 3.01 Å². The third-order valence-electron chi connectivity index (χ3n) is 5.15. The molecule has 0 aromatic heterocycles. The van der Waals surface area contributed by atoms with E-state index in [2.05, 4.69) is 89.6 Å². The van der Waals surface area contributed by atoms with Crippen LogP contribution in [0.15, 0.2) is 30.3 Å². The van der Waals surface area contributed by atoms with Crippen molar-refractivity contribution in [1.82, 2.24) is 0 Å². The van der Waals surface area contributed by atoms with Crippen LogP contribution in [0.3, 0.4) is 0 Å². The highest BCUT2D eigenvalue weighted by atomic mass is 15.1. The molecule has 0 unspecified atom stereocenters. The second-order valence-corrected chi connectivity index (χ2v) is 8.84. The Morgan fingerprint density at radius 1 is 1.00 bits per heavy atom. The lowest BCUT2D eigenvalue weighted by molar-refractivity contribution is -0.510. The molecule has 2 aromatic rings. The minimum Gasteiger partial charge on any atom is -0.197 e. The van der Waals surface area contributed by atoms with Crippen LogP contribution in [-0.2, 0) is 0 Å². The first-order valence-corrected chi connectivity index (χ1v) is 8.79. The van der Waals surface area contributed by atoms with Gasteiger partial charge < -0.3 is 0 Å². The monoisotopic (exact) mass is 308 g/mol. The van der Waals surface area contributed by atoms with Crippen LogP contribution in [0.1, 0.15) is 65.0 Å². The van der Waals surface area contributed by atoms with Crippen LogP contribution in [0.2, 0.25) is 0 Å². The lowest BCUT2D eigenvalue weighted by Crippen LogP contribution is -2.29. The summed E-state index contributed by atoms with van der Waals surface area (Å²) in [5.74, 6) is 0.555. The van der Waals surface area contributed by atoms with Crippen LogP contribution < -0.4 is 0 Å². The zero-order valence-corrected chi connectivity index (χ0v) is 15.7. The van der Waals surface area contributed by atoms with Gasteiger partial charge in [0.1, 0.15) is 0 Å². The van der Waals surface area contributed by atoms with Crippen molar-refractivity contribution in [2.75, 3.05) is 0 Å². The molecule has 0 amide bonds. The largest absolute Gasteiger partial charge is 0.216 e. The molecule has 0 atom stereocenters. The van der Waals surface area contributed by atoms with Crippen molar-refractivity contribution < 1.29 is 4.58 Å². The average Bonchev–Trinajstić information content (AvgIpc) is 2.65. The molecule has 3 rings (SSSR count). The first-order chi connectivity index (χ1) is 10.6. The van der Waals surface area contributed by atoms with Crippen molar-refractivity contribution in [3.05, 3.63) is 41.5 Å². The minimum absolute atomic E-state index is 0.149. The summed E-state index contributed by atoms with van der Waals surface area (Å²) in [4.78, 5) is 0. The van der Waals surface area contributed by atoms with E-state index in [0.29, 0.717) is 5.92 Å². The van der Waals surface area contributed by atoms with E-state index in [-0.39, 0.29) is 11.0 Å². The second-order valence-electron chi connectivity index (χ2n) is 8.84. The molecule has 2 aromatic carbocycles. The van der Waals surface area contributed by atoms with Gasteiger partial charge in [-0.25, -0.2) is 0 Å². The maximum Gasteiger partial charge on any atom is 0.216 e. The van der Waals surface area contributed by atoms with E-state index in [1.807, 2.05) is 0 Å². The molecule has 0 saturated heterocycles. The summed E-state index contributed by atoms with van der Waals surface area (Å²) < 4.78 is 2.54. The molecule has 0 N–H and O–H groups in total. The lowest BCUT2D eigenvalue weighted by Gasteiger charge is -2.21. The summed E-state index contributed by atoms with van der Waals surface area (Å²) in [5.41, 5.74) is 4.56. The zero-order chi connectivity index (χ0) is 17.0. The van der Waals surface area contributed by atoms with Gasteiger partial charge in [0.2, 0.25) is 5.69 Å². The number of hydrogen-bond donors (Lipinski definition) is 0. The number of aryl methyl sites for hydroxylation is 1. The number of rotatable bonds is 2. The van der Waals surface area contributed by atoms with Crippen LogP contribution in [0, 0.1) is 12.3 Å². The van der Waals surface area contributed by atoms with Gasteiger partial charge in [-0.2, -0.15) is 4.58 Å². The fourth-order valence-corrected chi connectivity index (χ4v) is 4.25. The smallest absolute Gasteiger partial charge is 0.197 e. The highest BCUT2D eigenvalue weighted by molar-refractivity contribution is 5.93. The van der Waals surface area contributed by atoms with Gasteiger partial charge in [-0.15, -0.1) is 0 Å². The third kappa shape index (κ3) is 2.82. The molecule has 1 aliphatic heterocycles. The first-order valence-electron chi connectivity index (χ1n) is 8.79. The molecule has 1 aliphatic rings. The molecular formula is C22H30N+. The molecular weight excluding hydrogens is 278 g/mol. The summed E-state index contributed by atoms with van der Waals surface area (Å²) in [6.45, 7) is 16.2. The third-order valence-corrected chi connectivity index (χ3v) is 5.15. The summed E-state index contributed by atoms with van der Waals surface area (Å²) in [5, 5.41) is 2.72. The van der Waals surface area contributed by atoms with Crippen LogP contribution in [0.5, 0.6) is 0 Å². The van der Waals surface area contributed by atoms with Crippen molar-refractivity contribution in [3.8, 4) is 0 Å². The van der Waals surface area contributed by atoms with Crippen molar-refractivity contribution in [2.45, 2.75) is 66.3 Å². The maximum absolute atomic E-state index is 2.54. The van der Waals surface area contributed by atoms with Crippen LogP contribution >= 0.6 is 0 Å². The van der Waals surface area contributed by atoms with E-state index < -0.39 is 0 Å². The number of fused-ring (bicyclic) bond motifs is 1. The Hall–Kier alpha value is -1.63. The van der Waals surface area contributed by atoms with E-state index in [9.17, 15) is 0 Å². The molecule has 1 heteroatoms. The first kappa shape index (κ1) is 16.2. The quantitative estimate of drug-likeness (QED) is 0.581. The van der Waals surface area contributed by atoms with Crippen molar-refractivity contribution in [3.63, 3.8) is 0 Å². The Morgan fingerprint density at radius 3 is 2.22 bits per heavy atom. The standard InChI is InChI=1S/C22H30N/c1-15(2)18-11-10-17-9-8-16(3)20(19(17)12-18)23-14-21(4,5)13-22(23,6)7/h8-12,14-15H,13H2,1-7H3/q+1. The zero-order valence-electron chi connectivity index (χ0n) is 15.7. The fraction of sp³-hybridized carbons (Fsp3) is 0.500. The molecule has 0 fully saturated rings. The molecule has 0 spiro atoms. The molecule has 23 heavy (non-hydrogen) atoms. The predicted molar refractivity (Wildman–Crippen MR) is 101 cm³/mol. The number of benzene rings is 2. The van der Waals surface area contributed by atoms with Gasteiger partial charge in [0, 0.05) is 31.2 Å². The minimum atomic E-state index is 0.149. The normalized spacial score (nSPS) is 19.4. The highest BCUT2D eigenvalue weighted by Gasteiger charge is 2.46. The lowest BCUT2D eigenvalue weighted by atomic mass is 9.85. The van der Waals surface area contributed by atoms with Crippen LogP contribution in [0.4, 0.5) is 5.69 Å². The van der Waals surface area contributed by atoms with Gasteiger partial charge in [-0.05, 0) is 29.9 Å². The van der Waals surface area contributed by atoms with E-state index in [0.717, 1.165) is 0 Å². The second kappa shape index (κ2) is 5.19. The summed E-state index contributed by atoms with van der Waals surface area (Å²) >= 11 is 0. The van der Waals surface area contributed by atoms with Crippen LogP contribution in [0.25, 0.3) is 10.8 Å². The van der Waals surface area contributed by atoms with Gasteiger partial charge >= 0.3 is 0 Å². The summed E-state index contributed by atoms with van der Waals surface area (Å²) in [7, 11) is 0. The Morgan fingerprint density at radius 2 is 1.65 bits per heavy atom. The molecule has 0 radical (unpaired) electrons. The fourth-order valence-electron chi connectivity index (χ4n) is 4.25. The van der Waals surface area contributed by atoms with E-state index in [1.165, 1.54) is 34.0 Å². The van der Waals surface area contributed by atoms with Gasteiger partial charge in [0.05, 0.1) is 5.39 Å².